The van der Waals surface area contributed by atoms with E-state index in [9.17, 15) is 19.6 Å². The Morgan fingerprint density at radius 3 is 2.67 bits per heavy atom. The van der Waals surface area contributed by atoms with Crippen LogP contribution >= 0.6 is 0 Å². The second kappa shape index (κ2) is 6.68. The Hall–Kier alpha value is -3.47. The summed E-state index contributed by atoms with van der Waals surface area (Å²) in [5.41, 5.74) is 4.80. The Labute approximate surface area is 155 Å². The quantitative estimate of drug-likeness (QED) is 0.766. The number of ether oxygens (including phenoxy) is 1. The number of allylic oxidation sites excluding steroid dienone is 2. The lowest BCUT2D eigenvalue weighted by atomic mass is 9.69. The van der Waals surface area contributed by atoms with Crippen LogP contribution < -0.4 is 5.73 Å². The van der Waals surface area contributed by atoms with E-state index in [-0.39, 0.29) is 5.78 Å². The first-order valence-electron chi connectivity index (χ1n) is 8.25. The first kappa shape index (κ1) is 18.3. The Morgan fingerprint density at radius 2 is 2.15 bits per heavy atom. The van der Waals surface area contributed by atoms with Crippen molar-refractivity contribution in [1.82, 2.24) is 9.88 Å². The van der Waals surface area contributed by atoms with Gasteiger partial charge in [0.25, 0.3) is 0 Å². The van der Waals surface area contributed by atoms with E-state index >= 15 is 0 Å². The molecule has 1 aromatic heterocycles. The number of hydrogen-bond donors (Lipinski definition) is 1. The summed E-state index contributed by atoms with van der Waals surface area (Å²) in [5, 5.41) is 10.1. The number of carbonyl (C=O) groups is 3. The van der Waals surface area contributed by atoms with Gasteiger partial charge in [0.1, 0.15) is 6.04 Å². The van der Waals surface area contributed by atoms with E-state index in [1.807, 2.05) is 0 Å². The molecule has 4 atom stereocenters. The van der Waals surface area contributed by atoms with Crippen LogP contribution in [0.15, 0.2) is 48.5 Å². The minimum Gasteiger partial charge on any atom is -0.468 e. The molecule has 1 amide bonds. The van der Waals surface area contributed by atoms with Crippen LogP contribution in [0.4, 0.5) is 0 Å². The number of rotatable bonds is 4. The maximum absolute atomic E-state index is 12.8. The Kier molecular flexibility index (Phi) is 4.54. The molecule has 3 rings (SSSR count). The highest BCUT2D eigenvalue weighted by Gasteiger charge is 2.66. The van der Waals surface area contributed by atoms with Gasteiger partial charge in [-0.1, -0.05) is 18.2 Å². The van der Waals surface area contributed by atoms with Crippen molar-refractivity contribution in [3.8, 4) is 6.07 Å². The van der Waals surface area contributed by atoms with Gasteiger partial charge >= 0.3 is 5.97 Å². The van der Waals surface area contributed by atoms with Crippen molar-refractivity contribution in [3.63, 3.8) is 0 Å². The van der Waals surface area contributed by atoms with Crippen LogP contribution in [0.3, 0.4) is 0 Å². The highest BCUT2D eigenvalue weighted by molar-refractivity contribution is 5.97. The molecular weight excluding hydrogens is 348 g/mol. The average Bonchev–Trinajstić information content (AvgIpc) is 2.98. The van der Waals surface area contributed by atoms with E-state index in [2.05, 4.69) is 11.1 Å². The number of primary amides is 1. The van der Waals surface area contributed by atoms with Gasteiger partial charge < -0.3 is 15.4 Å². The Balaban J connectivity index is 2.29. The summed E-state index contributed by atoms with van der Waals surface area (Å²) in [6.07, 6.45) is 7.64. The van der Waals surface area contributed by atoms with Crippen LogP contribution in [0.25, 0.3) is 0 Å². The van der Waals surface area contributed by atoms with E-state index in [0.717, 1.165) is 0 Å². The molecule has 2 aliphatic heterocycles. The maximum Gasteiger partial charge on any atom is 0.329 e. The number of nitriles is 1. The van der Waals surface area contributed by atoms with Crippen molar-refractivity contribution in [2.45, 2.75) is 24.9 Å². The summed E-state index contributed by atoms with van der Waals surface area (Å²) in [7, 11) is 1.19. The van der Waals surface area contributed by atoms with Gasteiger partial charge in [-0.15, -0.1) is 0 Å². The number of fused-ring (bicyclic) bond motifs is 1. The largest absolute Gasteiger partial charge is 0.468 e. The van der Waals surface area contributed by atoms with Gasteiger partial charge in [-0.25, -0.2) is 0 Å². The number of carbonyl (C=O) groups excluding carboxylic acids is 3. The summed E-state index contributed by atoms with van der Waals surface area (Å²) >= 11 is 0. The first-order valence-corrected chi connectivity index (χ1v) is 8.25. The molecule has 2 N–H and O–H groups in total. The molecule has 0 aliphatic carbocycles. The van der Waals surface area contributed by atoms with Gasteiger partial charge in [0, 0.05) is 30.1 Å². The Morgan fingerprint density at radius 1 is 1.41 bits per heavy atom. The lowest BCUT2D eigenvalue weighted by Crippen LogP contribution is -2.45. The fraction of sp³-hybridized carbons (Fsp3) is 0.316. The van der Waals surface area contributed by atoms with Crippen LogP contribution in [-0.4, -0.2) is 46.7 Å². The molecule has 1 saturated heterocycles. The summed E-state index contributed by atoms with van der Waals surface area (Å²) < 4.78 is 4.95. The molecule has 1 fully saturated rings. The van der Waals surface area contributed by atoms with Crippen LogP contribution in [-0.2, 0) is 19.1 Å². The van der Waals surface area contributed by atoms with Crippen LogP contribution in [0.1, 0.15) is 18.4 Å². The monoisotopic (exact) mass is 366 g/mol. The molecule has 138 valence electrons. The molecule has 8 heteroatoms. The van der Waals surface area contributed by atoms with Crippen molar-refractivity contribution in [1.29, 1.82) is 5.26 Å². The van der Waals surface area contributed by atoms with Gasteiger partial charge in [-0.3, -0.25) is 19.4 Å². The van der Waals surface area contributed by atoms with Crippen LogP contribution in [0.2, 0.25) is 0 Å². The lowest BCUT2D eigenvalue weighted by molar-refractivity contribution is -0.150. The van der Waals surface area contributed by atoms with E-state index in [4.69, 9.17) is 10.5 Å². The van der Waals surface area contributed by atoms with Gasteiger partial charge in [-0.2, -0.15) is 5.26 Å². The molecule has 0 bridgehead atoms. The summed E-state index contributed by atoms with van der Waals surface area (Å²) in [6, 6.07) is 3.57. The predicted octanol–water partition coefficient (Wildman–Crippen LogP) is 0.429. The third kappa shape index (κ3) is 2.59. The number of aromatic nitrogens is 1. The molecule has 8 nitrogen and oxygen atoms in total. The topological polar surface area (TPSA) is 126 Å². The average molecular weight is 366 g/mol. The van der Waals surface area contributed by atoms with Crippen molar-refractivity contribution in [3.05, 3.63) is 54.0 Å². The normalized spacial score (nSPS) is 28.7. The molecular formula is C19H18N4O4. The van der Waals surface area contributed by atoms with Crippen molar-refractivity contribution >= 4 is 17.7 Å². The predicted molar refractivity (Wildman–Crippen MR) is 93.6 cm³/mol. The Bertz CT molecular complexity index is 902. The zero-order chi connectivity index (χ0) is 19.8. The van der Waals surface area contributed by atoms with Crippen LogP contribution in [0, 0.1) is 16.7 Å². The molecule has 3 heterocycles. The van der Waals surface area contributed by atoms with Gasteiger partial charge in [0.15, 0.2) is 11.2 Å². The zero-order valence-corrected chi connectivity index (χ0v) is 14.8. The number of nitrogens with zero attached hydrogens (tertiary/aromatic N) is 3. The standard InChI is InChI=1S/C19H18N4O4/c1-11(24)13-5-6-14-19(10-20,18(26)27-2)15(12-4-3-7-22-8-12)16(17(21)25)23(14)9-13/h3-9,14-16H,1-2H3,(H2,21,25)/t14-,15-,16+,19-/m1/s1. The summed E-state index contributed by atoms with van der Waals surface area (Å²) in [4.78, 5) is 42.6. The smallest absolute Gasteiger partial charge is 0.329 e. The number of esters is 1. The zero-order valence-electron chi connectivity index (χ0n) is 14.8. The number of nitrogens with two attached hydrogens (primary N) is 1. The molecule has 2 aliphatic rings. The fourth-order valence-electron chi connectivity index (χ4n) is 3.95. The fourth-order valence-corrected chi connectivity index (χ4v) is 3.95. The van der Waals surface area contributed by atoms with Crippen molar-refractivity contribution in [2.24, 2.45) is 11.1 Å². The molecule has 0 unspecified atom stereocenters. The molecule has 0 aromatic carbocycles. The maximum atomic E-state index is 12.8. The van der Waals surface area contributed by atoms with Gasteiger partial charge in [-0.05, 0) is 18.6 Å². The highest BCUT2D eigenvalue weighted by Crippen LogP contribution is 2.53. The summed E-state index contributed by atoms with van der Waals surface area (Å²) in [6.45, 7) is 1.39. The van der Waals surface area contributed by atoms with E-state index < -0.39 is 35.3 Å². The molecule has 0 radical (unpaired) electrons. The van der Waals surface area contributed by atoms with Crippen LogP contribution in [0.5, 0.6) is 0 Å². The SMILES string of the molecule is COC(=O)[C@@]1(C#N)[C@H](c2cccnc2)[C@@H](C(N)=O)N2C=C(C(C)=O)C=C[C@@H]21. The first-order chi connectivity index (χ1) is 12.9. The molecule has 0 spiro atoms. The second-order valence-electron chi connectivity index (χ2n) is 6.48. The number of ketones is 1. The number of methoxy groups -OCH3 is 1. The number of hydrogen-bond acceptors (Lipinski definition) is 7. The third-order valence-corrected chi connectivity index (χ3v) is 5.11. The van der Waals surface area contributed by atoms with Crippen molar-refractivity contribution in [2.75, 3.05) is 7.11 Å². The molecule has 0 saturated carbocycles. The lowest BCUT2D eigenvalue weighted by Gasteiger charge is -2.32. The van der Waals surface area contributed by atoms with E-state index in [1.165, 1.54) is 31.3 Å². The second-order valence-corrected chi connectivity index (χ2v) is 6.48. The molecule has 27 heavy (non-hydrogen) atoms. The number of Topliss-reactive ketones (excluding diaryl/α,β-unsaturated/α-hetero) is 1. The van der Waals surface area contributed by atoms with E-state index in [0.29, 0.717) is 11.1 Å². The number of amides is 1. The van der Waals surface area contributed by atoms with Gasteiger partial charge in [0.05, 0.1) is 19.2 Å². The third-order valence-electron chi connectivity index (χ3n) is 5.11. The minimum absolute atomic E-state index is 0.210. The molecule has 1 aromatic rings. The number of pyridine rings is 1. The van der Waals surface area contributed by atoms with Crippen molar-refractivity contribution < 1.29 is 19.1 Å². The van der Waals surface area contributed by atoms with E-state index in [1.54, 1.807) is 30.5 Å². The van der Waals surface area contributed by atoms with Gasteiger partial charge in [0.2, 0.25) is 5.91 Å². The highest BCUT2D eigenvalue weighted by atomic mass is 16.5. The minimum atomic E-state index is -1.73. The summed E-state index contributed by atoms with van der Waals surface area (Å²) in [5.74, 6) is -2.62.